The molecule has 4 nitrogen and oxygen atoms in total. The Morgan fingerprint density at radius 3 is 2.56 bits per heavy atom. The topological polar surface area (TPSA) is 71.8 Å². The Morgan fingerprint density at radius 1 is 1.33 bits per heavy atom. The van der Waals surface area contributed by atoms with Crippen LogP contribution in [0.4, 0.5) is 0 Å². The normalized spacial score (nSPS) is 12.4. The van der Waals surface area contributed by atoms with Crippen molar-refractivity contribution in [3.63, 3.8) is 0 Å². The van der Waals surface area contributed by atoms with Crippen LogP contribution in [0.2, 0.25) is 0 Å². The summed E-state index contributed by atoms with van der Waals surface area (Å²) in [5.41, 5.74) is 7.47. The highest BCUT2D eigenvalue weighted by molar-refractivity contribution is 7.99. The zero-order valence-corrected chi connectivity index (χ0v) is 11.1. The van der Waals surface area contributed by atoms with E-state index in [9.17, 15) is 4.79 Å². The van der Waals surface area contributed by atoms with Crippen molar-refractivity contribution in [3.05, 3.63) is 51.9 Å². The van der Waals surface area contributed by atoms with E-state index in [1.54, 1.807) is 6.92 Å². The maximum Gasteiger partial charge on any atom is 0.251 e. The number of nitrogens with two attached hydrogens (primary N) is 1. The van der Waals surface area contributed by atoms with Gasteiger partial charge in [-0.3, -0.25) is 4.79 Å². The molecule has 1 aromatic carbocycles. The Bertz CT molecular complexity index is 590. The molecule has 0 aliphatic rings. The molecule has 1 atom stereocenters. The third kappa shape index (κ3) is 3.21. The van der Waals surface area contributed by atoms with Gasteiger partial charge in [0.25, 0.3) is 5.56 Å². The molecule has 0 radical (unpaired) electrons. The van der Waals surface area contributed by atoms with Crippen molar-refractivity contribution in [2.45, 2.75) is 29.9 Å². The molecule has 0 saturated heterocycles. The van der Waals surface area contributed by atoms with E-state index in [0.717, 1.165) is 10.5 Å². The van der Waals surface area contributed by atoms with E-state index in [1.807, 2.05) is 31.2 Å². The fourth-order valence-corrected chi connectivity index (χ4v) is 2.39. The molecule has 0 unspecified atom stereocenters. The lowest BCUT2D eigenvalue weighted by atomic mass is 10.1. The summed E-state index contributed by atoms with van der Waals surface area (Å²) < 4.78 is 0. The highest BCUT2D eigenvalue weighted by atomic mass is 32.2. The molecule has 5 heteroatoms. The standard InChI is InChI=1S/C13H15N3OS/c1-8-7-12(17)16-13(15-8)18-11-5-3-10(4-6-11)9(2)14/h3-7,9H,14H2,1-2H3,(H,15,16,17)/t9-/m0/s1. The van der Waals surface area contributed by atoms with Gasteiger partial charge in [0.15, 0.2) is 5.16 Å². The monoisotopic (exact) mass is 261 g/mol. The Hall–Kier alpha value is -1.59. The molecule has 0 bridgehead atoms. The second kappa shape index (κ2) is 5.37. The summed E-state index contributed by atoms with van der Waals surface area (Å²) in [6.45, 7) is 3.75. The molecule has 0 amide bonds. The molecule has 2 rings (SSSR count). The molecule has 2 aromatic rings. The summed E-state index contributed by atoms with van der Waals surface area (Å²) in [6, 6.07) is 9.43. The second-order valence-electron chi connectivity index (χ2n) is 4.15. The third-order valence-electron chi connectivity index (χ3n) is 2.47. The lowest BCUT2D eigenvalue weighted by Crippen LogP contribution is -2.07. The number of aryl methyl sites for hydroxylation is 1. The highest BCUT2D eigenvalue weighted by Crippen LogP contribution is 2.25. The summed E-state index contributed by atoms with van der Waals surface area (Å²) in [6.07, 6.45) is 0. The molecular weight excluding hydrogens is 246 g/mol. The van der Waals surface area contributed by atoms with Gasteiger partial charge in [-0.2, -0.15) is 0 Å². The van der Waals surface area contributed by atoms with Gasteiger partial charge >= 0.3 is 0 Å². The van der Waals surface area contributed by atoms with E-state index in [-0.39, 0.29) is 11.6 Å². The fraction of sp³-hybridized carbons (Fsp3) is 0.231. The van der Waals surface area contributed by atoms with Crippen LogP contribution in [0.5, 0.6) is 0 Å². The lowest BCUT2D eigenvalue weighted by Gasteiger charge is -2.06. The maximum absolute atomic E-state index is 11.3. The molecule has 1 heterocycles. The van der Waals surface area contributed by atoms with Gasteiger partial charge in [0.2, 0.25) is 0 Å². The number of nitrogens with one attached hydrogen (secondary N) is 1. The second-order valence-corrected chi connectivity index (χ2v) is 5.21. The van der Waals surface area contributed by atoms with Crippen LogP contribution in [0.25, 0.3) is 0 Å². The van der Waals surface area contributed by atoms with Gasteiger partial charge in [0.1, 0.15) is 0 Å². The minimum atomic E-state index is -0.128. The fourth-order valence-electron chi connectivity index (χ4n) is 1.55. The molecule has 0 fully saturated rings. The molecule has 18 heavy (non-hydrogen) atoms. The van der Waals surface area contributed by atoms with E-state index in [0.29, 0.717) is 10.9 Å². The Balaban J connectivity index is 2.20. The van der Waals surface area contributed by atoms with Gasteiger partial charge in [-0.1, -0.05) is 23.9 Å². The SMILES string of the molecule is Cc1cc(=O)[nH]c(Sc2ccc([C@H](C)N)cc2)n1. The van der Waals surface area contributed by atoms with Crippen LogP contribution in [-0.4, -0.2) is 9.97 Å². The average molecular weight is 261 g/mol. The summed E-state index contributed by atoms with van der Waals surface area (Å²) in [4.78, 5) is 19.3. The quantitative estimate of drug-likeness (QED) is 0.831. The smallest absolute Gasteiger partial charge is 0.251 e. The molecule has 1 aromatic heterocycles. The van der Waals surface area contributed by atoms with Crippen LogP contribution in [0.1, 0.15) is 24.2 Å². The molecule has 0 aliphatic heterocycles. The lowest BCUT2D eigenvalue weighted by molar-refractivity contribution is 0.817. The van der Waals surface area contributed by atoms with Crippen LogP contribution in [0.3, 0.4) is 0 Å². The molecular formula is C13H15N3OS. The molecule has 0 aliphatic carbocycles. The van der Waals surface area contributed by atoms with Gasteiger partial charge in [0.05, 0.1) is 0 Å². The van der Waals surface area contributed by atoms with Crippen LogP contribution >= 0.6 is 11.8 Å². The molecule has 3 N–H and O–H groups in total. The molecule has 94 valence electrons. The number of rotatable bonds is 3. The Labute approximate surface area is 110 Å². The molecule has 0 saturated carbocycles. The maximum atomic E-state index is 11.3. The van der Waals surface area contributed by atoms with Crippen molar-refractivity contribution in [1.29, 1.82) is 0 Å². The largest absolute Gasteiger partial charge is 0.324 e. The van der Waals surface area contributed by atoms with E-state index in [4.69, 9.17) is 5.73 Å². The van der Waals surface area contributed by atoms with E-state index in [1.165, 1.54) is 17.8 Å². The van der Waals surface area contributed by atoms with Crippen molar-refractivity contribution in [2.75, 3.05) is 0 Å². The first kappa shape index (κ1) is 12.9. The average Bonchev–Trinajstić information content (AvgIpc) is 2.28. The van der Waals surface area contributed by atoms with Gasteiger partial charge in [-0.15, -0.1) is 0 Å². The van der Waals surface area contributed by atoms with Crippen LogP contribution < -0.4 is 11.3 Å². The third-order valence-corrected chi connectivity index (χ3v) is 3.36. The van der Waals surface area contributed by atoms with Crippen molar-refractivity contribution >= 4 is 11.8 Å². The first-order valence-corrected chi connectivity index (χ1v) is 6.47. The summed E-state index contributed by atoms with van der Waals surface area (Å²) >= 11 is 1.43. The number of benzene rings is 1. The van der Waals surface area contributed by atoms with Gasteiger partial charge in [-0.05, 0) is 31.5 Å². The number of hydrogen-bond acceptors (Lipinski definition) is 4. The van der Waals surface area contributed by atoms with Crippen molar-refractivity contribution < 1.29 is 0 Å². The first-order chi connectivity index (χ1) is 8.54. The minimum Gasteiger partial charge on any atom is -0.324 e. The van der Waals surface area contributed by atoms with Crippen LogP contribution in [0, 0.1) is 6.92 Å². The predicted octanol–water partition coefficient (Wildman–Crippen LogP) is 2.25. The first-order valence-electron chi connectivity index (χ1n) is 5.66. The van der Waals surface area contributed by atoms with Crippen molar-refractivity contribution in [3.8, 4) is 0 Å². The number of hydrogen-bond donors (Lipinski definition) is 2. The van der Waals surface area contributed by atoms with E-state index < -0.39 is 0 Å². The number of H-pyrrole nitrogens is 1. The van der Waals surface area contributed by atoms with Gasteiger partial charge in [-0.25, -0.2) is 4.98 Å². The Morgan fingerprint density at radius 2 is 2.00 bits per heavy atom. The number of nitrogens with zero attached hydrogens (tertiary/aromatic N) is 1. The zero-order chi connectivity index (χ0) is 13.1. The van der Waals surface area contributed by atoms with Crippen LogP contribution in [0.15, 0.2) is 45.2 Å². The summed E-state index contributed by atoms with van der Waals surface area (Å²) in [5, 5.41) is 0.605. The predicted molar refractivity (Wildman–Crippen MR) is 72.8 cm³/mol. The number of aromatic nitrogens is 2. The van der Waals surface area contributed by atoms with Crippen molar-refractivity contribution in [2.24, 2.45) is 5.73 Å². The number of aromatic amines is 1. The van der Waals surface area contributed by atoms with Crippen molar-refractivity contribution in [1.82, 2.24) is 9.97 Å². The minimum absolute atomic E-state index is 0.0287. The highest BCUT2D eigenvalue weighted by Gasteiger charge is 2.03. The van der Waals surface area contributed by atoms with E-state index >= 15 is 0 Å². The molecule has 0 spiro atoms. The zero-order valence-electron chi connectivity index (χ0n) is 10.3. The van der Waals surface area contributed by atoms with Crippen LogP contribution in [-0.2, 0) is 0 Å². The van der Waals surface area contributed by atoms with Gasteiger partial charge in [0, 0.05) is 22.7 Å². The summed E-state index contributed by atoms with van der Waals surface area (Å²) in [5.74, 6) is 0. The summed E-state index contributed by atoms with van der Waals surface area (Å²) in [7, 11) is 0. The van der Waals surface area contributed by atoms with Gasteiger partial charge < -0.3 is 10.7 Å². The van der Waals surface area contributed by atoms with E-state index in [2.05, 4.69) is 9.97 Å². The Kier molecular flexibility index (Phi) is 3.84.